The van der Waals surface area contributed by atoms with Crippen molar-refractivity contribution < 1.29 is 4.79 Å². The van der Waals surface area contributed by atoms with E-state index in [0.717, 1.165) is 50.4 Å². The summed E-state index contributed by atoms with van der Waals surface area (Å²) in [5, 5.41) is 11.5. The highest BCUT2D eigenvalue weighted by atomic mass is 32.1. The summed E-state index contributed by atoms with van der Waals surface area (Å²) in [6.07, 6.45) is 17.5. The number of thiocarbonyl (C=S) groups is 1. The molecule has 1 unspecified atom stereocenters. The van der Waals surface area contributed by atoms with Gasteiger partial charge in [-0.1, -0.05) is 38.2 Å². The molecule has 2 saturated heterocycles. The number of nitrogens with zero attached hydrogens (tertiary/aromatic N) is 3. The Bertz CT molecular complexity index is 724. The second-order valence-corrected chi connectivity index (χ2v) is 8.39. The molecule has 0 bridgehead atoms. The van der Waals surface area contributed by atoms with Gasteiger partial charge in [0.2, 0.25) is 5.91 Å². The van der Waals surface area contributed by atoms with Gasteiger partial charge in [-0.3, -0.25) is 4.79 Å². The van der Waals surface area contributed by atoms with Crippen LogP contribution >= 0.6 is 12.2 Å². The lowest BCUT2D eigenvalue weighted by atomic mass is 10.1. The predicted molar refractivity (Wildman–Crippen MR) is 134 cm³/mol. The van der Waals surface area contributed by atoms with Crippen LogP contribution in [0.1, 0.15) is 59.8 Å². The van der Waals surface area contributed by atoms with Crippen LogP contribution in [0.5, 0.6) is 0 Å². The van der Waals surface area contributed by atoms with Crippen LogP contribution in [0.4, 0.5) is 0 Å². The molecule has 1 N–H and O–H groups in total. The van der Waals surface area contributed by atoms with Crippen LogP contribution in [0.15, 0.2) is 35.7 Å². The van der Waals surface area contributed by atoms with E-state index in [-0.39, 0.29) is 5.92 Å². The average molecular weight is 443 g/mol. The number of carbonyl (C=O) groups is 1. The lowest BCUT2D eigenvalue weighted by Gasteiger charge is -2.28. The van der Waals surface area contributed by atoms with Crippen LogP contribution in [-0.4, -0.2) is 46.9 Å². The standard InChI is InChI=1S/C14H24N2O.C9H12N2S.C2H2/c1-12-7-3-4-10-16(14(12)17)11-13(2)15-8-5-6-9-15;1-4-9(11-8(3)12)5-7(2)6-10;1-2/h12H,2-11H2,1H3;4-5H,1-3H3,(H,11,12);1-2H/b;7-5+,9-4+;. The summed E-state index contributed by atoms with van der Waals surface area (Å²) >= 11 is 4.86. The van der Waals surface area contributed by atoms with Gasteiger partial charge in [-0.25, -0.2) is 0 Å². The summed E-state index contributed by atoms with van der Waals surface area (Å²) in [5.41, 5.74) is 2.65. The van der Waals surface area contributed by atoms with Crippen molar-refractivity contribution in [2.24, 2.45) is 5.92 Å². The number of carbonyl (C=O) groups excluding carboxylic acids is 1. The van der Waals surface area contributed by atoms with Crippen LogP contribution in [0.2, 0.25) is 0 Å². The van der Waals surface area contributed by atoms with Gasteiger partial charge in [0.25, 0.3) is 0 Å². The predicted octanol–water partition coefficient (Wildman–Crippen LogP) is 4.79. The zero-order valence-corrected chi connectivity index (χ0v) is 20.4. The molecule has 0 radical (unpaired) electrons. The summed E-state index contributed by atoms with van der Waals surface area (Å²) in [5.74, 6) is 0.520. The highest BCUT2D eigenvalue weighted by Crippen LogP contribution is 2.20. The van der Waals surface area contributed by atoms with Gasteiger partial charge in [-0.15, -0.1) is 12.8 Å². The van der Waals surface area contributed by atoms with Gasteiger partial charge < -0.3 is 15.1 Å². The van der Waals surface area contributed by atoms with E-state index in [4.69, 9.17) is 17.5 Å². The molecule has 2 rings (SSSR count). The molecule has 0 aromatic rings. The quantitative estimate of drug-likeness (QED) is 0.287. The first-order chi connectivity index (χ1) is 14.8. The Kier molecular flexibility index (Phi) is 14.8. The molecule has 0 saturated carbocycles. The first kappa shape index (κ1) is 28.4. The highest BCUT2D eigenvalue weighted by molar-refractivity contribution is 7.80. The summed E-state index contributed by atoms with van der Waals surface area (Å²) in [6.45, 7) is 15.5. The normalized spacial score (nSPS) is 19.1. The smallest absolute Gasteiger partial charge is 0.225 e. The zero-order chi connectivity index (χ0) is 23.8. The molecule has 2 aliphatic heterocycles. The molecule has 6 heteroatoms. The average Bonchev–Trinajstić information content (AvgIpc) is 3.26. The first-order valence-corrected chi connectivity index (χ1v) is 11.3. The third-order valence-electron chi connectivity index (χ3n) is 5.15. The van der Waals surface area contributed by atoms with E-state index in [0.29, 0.717) is 16.5 Å². The third-order valence-corrected chi connectivity index (χ3v) is 5.26. The van der Waals surface area contributed by atoms with Crippen molar-refractivity contribution in [1.82, 2.24) is 15.1 Å². The highest BCUT2D eigenvalue weighted by Gasteiger charge is 2.25. The van der Waals surface area contributed by atoms with Gasteiger partial charge in [-0.05, 0) is 52.5 Å². The van der Waals surface area contributed by atoms with E-state index < -0.39 is 0 Å². The fraction of sp³-hybridized carbons (Fsp3) is 0.560. The fourth-order valence-electron chi connectivity index (χ4n) is 3.47. The molecular formula is C25H38N4OS. The number of hydrogen-bond acceptors (Lipinski definition) is 4. The van der Waals surface area contributed by atoms with E-state index >= 15 is 0 Å². The van der Waals surface area contributed by atoms with Crippen LogP contribution in [0, 0.1) is 30.1 Å². The molecule has 0 aromatic heterocycles. The van der Waals surface area contributed by atoms with Crippen molar-refractivity contribution in [3.8, 4) is 18.9 Å². The van der Waals surface area contributed by atoms with Crippen molar-refractivity contribution in [3.63, 3.8) is 0 Å². The number of rotatable bonds is 5. The molecule has 0 aliphatic carbocycles. The summed E-state index contributed by atoms with van der Waals surface area (Å²) in [7, 11) is 0. The molecule has 2 fully saturated rings. The largest absolute Gasteiger partial charge is 0.374 e. The van der Waals surface area contributed by atoms with E-state index in [1.807, 2.05) is 24.0 Å². The van der Waals surface area contributed by atoms with E-state index in [9.17, 15) is 4.79 Å². The minimum absolute atomic E-state index is 0.198. The van der Waals surface area contributed by atoms with Gasteiger partial charge in [0, 0.05) is 42.5 Å². The van der Waals surface area contributed by atoms with Crippen molar-refractivity contribution >= 4 is 23.1 Å². The van der Waals surface area contributed by atoms with E-state index in [2.05, 4.69) is 36.6 Å². The number of hydrogen-bond donors (Lipinski definition) is 1. The maximum Gasteiger partial charge on any atom is 0.225 e. The summed E-state index contributed by atoms with van der Waals surface area (Å²) in [6, 6.07) is 2.04. The number of amides is 1. The first-order valence-electron chi connectivity index (χ1n) is 10.9. The molecule has 5 nitrogen and oxygen atoms in total. The zero-order valence-electron chi connectivity index (χ0n) is 19.6. The molecule has 170 valence electrons. The lowest BCUT2D eigenvalue weighted by Crippen LogP contribution is -2.38. The van der Waals surface area contributed by atoms with Crippen LogP contribution < -0.4 is 5.32 Å². The monoisotopic (exact) mass is 442 g/mol. The molecule has 31 heavy (non-hydrogen) atoms. The Hall–Kier alpha value is -2.57. The van der Waals surface area contributed by atoms with E-state index in [1.54, 1.807) is 19.9 Å². The number of nitriles is 1. The second kappa shape index (κ2) is 16.2. The number of terminal acetylenes is 1. The maximum atomic E-state index is 12.2. The summed E-state index contributed by atoms with van der Waals surface area (Å²) in [4.78, 5) is 17.2. The second-order valence-electron chi connectivity index (χ2n) is 7.78. The number of likely N-dealkylation sites (tertiary alicyclic amines) is 2. The van der Waals surface area contributed by atoms with Crippen LogP contribution in [0.25, 0.3) is 0 Å². The van der Waals surface area contributed by atoms with Crippen molar-refractivity contribution in [3.05, 3.63) is 35.7 Å². The number of allylic oxidation sites excluding steroid dienone is 3. The van der Waals surface area contributed by atoms with Gasteiger partial charge in [0.15, 0.2) is 0 Å². The van der Waals surface area contributed by atoms with Crippen molar-refractivity contribution in [1.29, 1.82) is 5.26 Å². The van der Waals surface area contributed by atoms with Gasteiger partial charge in [0.05, 0.1) is 17.6 Å². The van der Waals surface area contributed by atoms with Crippen LogP contribution in [-0.2, 0) is 4.79 Å². The Labute approximate surface area is 194 Å². The van der Waals surface area contributed by atoms with Gasteiger partial charge in [-0.2, -0.15) is 5.26 Å². The lowest BCUT2D eigenvalue weighted by molar-refractivity contribution is -0.134. The topological polar surface area (TPSA) is 59.4 Å². The van der Waals surface area contributed by atoms with Gasteiger partial charge >= 0.3 is 0 Å². The molecule has 0 aromatic carbocycles. The van der Waals surface area contributed by atoms with Crippen molar-refractivity contribution in [2.75, 3.05) is 26.2 Å². The molecule has 1 atom stereocenters. The number of nitrogens with one attached hydrogen (secondary N) is 1. The Morgan fingerprint density at radius 3 is 2.35 bits per heavy atom. The molecule has 2 aliphatic rings. The summed E-state index contributed by atoms with van der Waals surface area (Å²) < 4.78 is 0. The Morgan fingerprint density at radius 1 is 1.26 bits per heavy atom. The molecular weight excluding hydrogens is 404 g/mol. The van der Waals surface area contributed by atoms with E-state index in [1.165, 1.54) is 19.3 Å². The van der Waals surface area contributed by atoms with Crippen molar-refractivity contribution in [2.45, 2.75) is 59.8 Å². The minimum Gasteiger partial charge on any atom is -0.374 e. The molecule has 2 heterocycles. The molecule has 1 amide bonds. The minimum atomic E-state index is 0.198. The van der Waals surface area contributed by atoms with Crippen LogP contribution in [0.3, 0.4) is 0 Å². The third kappa shape index (κ3) is 11.4. The Balaban J connectivity index is 0.000000570. The molecule has 0 spiro atoms. The van der Waals surface area contributed by atoms with Gasteiger partial charge in [0.1, 0.15) is 0 Å². The maximum absolute atomic E-state index is 12.2. The Morgan fingerprint density at radius 2 is 1.84 bits per heavy atom. The SMILES string of the molecule is C#C.C/C=C(\C=C(/C)C#N)NC(C)=S.C=C(CN1CCCCC(C)C1=O)N1CCCC1. The fourth-order valence-corrected chi connectivity index (χ4v) is 3.59.